The van der Waals surface area contributed by atoms with Gasteiger partial charge in [0.15, 0.2) is 0 Å². The molecule has 0 spiro atoms. The van der Waals surface area contributed by atoms with Crippen molar-refractivity contribution in [1.29, 1.82) is 0 Å². The molecule has 1 heterocycles. The minimum atomic E-state index is -0.251. The average molecular weight is 357 g/mol. The summed E-state index contributed by atoms with van der Waals surface area (Å²) in [4.78, 5) is 12.7. The van der Waals surface area contributed by atoms with Crippen molar-refractivity contribution in [2.75, 3.05) is 5.32 Å². The molecule has 0 radical (unpaired) electrons. The van der Waals surface area contributed by atoms with Crippen LogP contribution in [0, 0.1) is 11.7 Å². The average Bonchev–Trinajstić information content (AvgIpc) is 3.18. The van der Waals surface area contributed by atoms with E-state index in [1.165, 1.54) is 12.1 Å². The molecular formula is C21H28FN3O. The summed E-state index contributed by atoms with van der Waals surface area (Å²) in [6, 6.07) is 8.41. The second-order valence-corrected chi connectivity index (χ2v) is 9.24. The van der Waals surface area contributed by atoms with Crippen LogP contribution in [-0.2, 0) is 15.7 Å². The molecule has 0 aliphatic heterocycles. The highest BCUT2D eigenvalue weighted by atomic mass is 19.1. The zero-order valence-corrected chi connectivity index (χ0v) is 16.4. The number of hydrogen-bond donors (Lipinski definition) is 1. The summed E-state index contributed by atoms with van der Waals surface area (Å²) in [5, 5.41) is 7.80. The van der Waals surface area contributed by atoms with Gasteiger partial charge in [-0.15, -0.1) is 0 Å². The third-order valence-electron chi connectivity index (χ3n) is 4.79. The quantitative estimate of drug-likeness (QED) is 0.856. The van der Waals surface area contributed by atoms with Gasteiger partial charge in [0.2, 0.25) is 5.91 Å². The number of carbonyl (C=O) groups is 1. The first kappa shape index (κ1) is 18.6. The van der Waals surface area contributed by atoms with E-state index in [4.69, 9.17) is 5.10 Å². The van der Waals surface area contributed by atoms with Gasteiger partial charge in [-0.25, -0.2) is 9.07 Å². The molecule has 3 rings (SSSR count). The van der Waals surface area contributed by atoms with E-state index in [1.54, 1.807) is 12.1 Å². The van der Waals surface area contributed by atoms with Gasteiger partial charge in [0, 0.05) is 17.4 Å². The maximum absolute atomic E-state index is 13.1. The summed E-state index contributed by atoms with van der Waals surface area (Å²) < 4.78 is 15.0. The Labute approximate surface area is 154 Å². The minimum Gasteiger partial charge on any atom is -0.311 e. The molecule has 1 saturated carbocycles. The number of anilines is 1. The molecule has 4 nitrogen and oxygen atoms in total. The van der Waals surface area contributed by atoms with Crippen LogP contribution >= 0.6 is 0 Å². The first-order valence-corrected chi connectivity index (χ1v) is 9.14. The highest BCUT2D eigenvalue weighted by Gasteiger charge is 2.44. The van der Waals surface area contributed by atoms with E-state index in [0.29, 0.717) is 0 Å². The van der Waals surface area contributed by atoms with Crippen molar-refractivity contribution in [2.45, 2.75) is 64.8 Å². The Bertz CT molecular complexity index is 809. The van der Waals surface area contributed by atoms with Crippen molar-refractivity contribution in [3.63, 3.8) is 0 Å². The van der Waals surface area contributed by atoms with Gasteiger partial charge in [-0.1, -0.05) is 32.9 Å². The summed E-state index contributed by atoms with van der Waals surface area (Å²) in [6.45, 7) is 12.5. The number of hydrogen-bond acceptors (Lipinski definition) is 2. The number of nitrogens with zero attached hydrogens (tertiary/aromatic N) is 2. The van der Waals surface area contributed by atoms with Crippen molar-refractivity contribution in [1.82, 2.24) is 9.78 Å². The Balaban J connectivity index is 1.77. The highest BCUT2D eigenvalue weighted by Crippen LogP contribution is 2.48. The third-order valence-corrected chi connectivity index (χ3v) is 4.79. The number of rotatable bonds is 3. The zero-order valence-electron chi connectivity index (χ0n) is 16.4. The fourth-order valence-corrected chi connectivity index (χ4v) is 3.13. The van der Waals surface area contributed by atoms with E-state index in [0.717, 1.165) is 23.5 Å². The lowest BCUT2D eigenvalue weighted by atomic mass is 9.92. The van der Waals surface area contributed by atoms with Crippen LogP contribution in [0.4, 0.5) is 10.2 Å². The van der Waals surface area contributed by atoms with Crippen molar-refractivity contribution < 1.29 is 9.18 Å². The molecule has 2 atom stereocenters. The molecular weight excluding hydrogens is 329 g/mol. The predicted molar refractivity (Wildman–Crippen MR) is 102 cm³/mol. The van der Waals surface area contributed by atoms with Crippen molar-refractivity contribution in [3.8, 4) is 0 Å². The highest BCUT2D eigenvalue weighted by molar-refractivity contribution is 5.94. The molecule has 1 aromatic heterocycles. The minimum absolute atomic E-state index is 0.00480. The fraction of sp³-hybridized carbons (Fsp3) is 0.524. The first-order valence-electron chi connectivity index (χ1n) is 9.14. The Morgan fingerprint density at radius 2 is 1.77 bits per heavy atom. The SMILES string of the molecule is CC(C)(C)c1cc(NC(=O)C2CC2c2ccc(F)cc2)n(C(C)(C)C)n1. The second kappa shape index (κ2) is 6.22. The number of benzene rings is 1. The maximum atomic E-state index is 13.1. The van der Waals surface area contributed by atoms with Gasteiger partial charge in [-0.3, -0.25) is 4.79 Å². The molecule has 0 bridgehead atoms. The molecule has 1 aromatic carbocycles. The molecule has 5 heteroatoms. The Morgan fingerprint density at radius 1 is 1.15 bits per heavy atom. The summed E-state index contributed by atoms with van der Waals surface area (Å²) in [5.41, 5.74) is 1.65. The van der Waals surface area contributed by atoms with Crippen LogP contribution in [0.15, 0.2) is 30.3 Å². The molecule has 1 aliphatic carbocycles. The van der Waals surface area contributed by atoms with Crippen molar-refractivity contribution in [3.05, 3.63) is 47.4 Å². The normalized spacial score (nSPS) is 20.1. The van der Waals surface area contributed by atoms with Crippen LogP contribution < -0.4 is 5.32 Å². The van der Waals surface area contributed by atoms with Crippen molar-refractivity contribution >= 4 is 11.7 Å². The van der Waals surface area contributed by atoms with Gasteiger partial charge in [0.25, 0.3) is 0 Å². The lowest BCUT2D eigenvalue weighted by molar-refractivity contribution is -0.117. The number of nitrogens with one attached hydrogen (secondary N) is 1. The van der Waals surface area contributed by atoms with Crippen LogP contribution in [0.5, 0.6) is 0 Å². The molecule has 0 saturated heterocycles. The Kier molecular flexibility index (Phi) is 4.45. The van der Waals surface area contributed by atoms with E-state index < -0.39 is 0 Å². The molecule has 1 amide bonds. The smallest absolute Gasteiger partial charge is 0.229 e. The monoisotopic (exact) mass is 357 g/mol. The van der Waals surface area contributed by atoms with Crippen LogP contribution in [0.3, 0.4) is 0 Å². The molecule has 1 N–H and O–H groups in total. The number of carbonyl (C=O) groups excluding carboxylic acids is 1. The molecule has 2 unspecified atom stereocenters. The molecule has 140 valence electrons. The zero-order chi connectivity index (χ0) is 19.3. The predicted octanol–water partition coefficient (Wildman–Crippen LogP) is 4.82. The molecule has 26 heavy (non-hydrogen) atoms. The van der Waals surface area contributed by atoms with Crippen LogP contribution in [-0.4, -0.2) is 15.7 Å². The Morgan fingerprint density at radius 3 is 2.31 bits per heavy atom. The largest absolute Gasteiger partial charge is 0.311 e. The van der Waals surface area contributed by atoms with E-state index in [1.807, 2.05) is 10.7 Å². The Hall–Kier alpha value is -2.17. The van der Waals surface area contributed by atoms with Gasteiger partial charge in [-0.2, -0.15) is 5.10 Å². The van der Waals surface area contributed by atoms with Crippen LogP contribution in [0.2, 0.25) is 0 Å². The topological polar surface area (TPSA) is 46.9 Å². The van der Waals surface area contributed by atoms with Crippen LogP contribution in [0.25, 0.3) is 0 Å². The second-order valence-electron chi connectivity index (χ2n) is 9.24. The van der Waals surface area contributed by atoms with Gasteiger partial charge >= 0.3 is 0 Å². The van der Waals surface area contributed by atoms with Crippen LogP contribution in [0.1, 0.15) is 65.1 Å². The first-order chi connectivity index (χ1) is 12.0. The van der Waals surface area contributed by atoms with E-state index in [2.05, 4.69) is 46.9 Å². The number of halogens is 1. The van der Waals surface area contributed by atoms with Gasteiger partial charge < -0.3 is 5.32 Å². The van der Waals surface area contributed by atoms with Gasteiger partial charge in [0.1, 0.15) is 11.6 Å². The summed E-state index contributed by atoms with van der Waals surface area (Å²) in [6.07, 6.45) is 0.799. The van der Waals surface area contributed by atoms with E-state index in [-0.39, 0.29) is 34.5 Å². The molecule has 1 aliphatic rings. The van der Waals surface area contributed by atoms with E-state index in [9.17, 15) is 9.18 Å². The number of amides is 1. The van der Waals surface area contributed by atoms with Gasteiger partial charge in [0.05, 0.1) is 11.2 Å². The molecule has 1 fully saturated rings. The lowest BCUT2D eigenvalue weighted by Gasteiger charge is -2.23. The van der Waals surface area contributed by atoms with Crippen molar-refractivity contribution in [2.24, 2.45) is 5.92 Å². The lowest BCUT2D eigenvalue weighted by Crippen LogP contribution is -2.27. The van der Waals surface area contributed by atoms with E-state index >= 15 is 0 Å². The maximum Gasteiger partial charge on any atom is 0.229 e. The summed E-state index contributed by atoms with van der Waals surface area (Å²) in [5.74, 6) is 0.590. The standard InChI is InChI=1S/C21H28FN3O/c1-20(2,3)17-12-18(25(24-17)21(4,5)6)23-19(26)16-11-15(16)13-7-9-14(22)10-8-13/h7-10,12,15-16H,11H2,1-6H3,(H,23,26). The summed E-state index contributed by atoms with van der Waals surface area (Å²) >= 11 is 0. The summed E-state index contributed by atoms with van der Waals surface area (Å²) in [7, 11) is 0. The molecule has 2 aromatic rings. The number of aromatic nitrogens is 2. The fourth-order valence-electron chi connectivity index (χ4n) is 3.13. The third kappa shape index (κ3) is 3.81. The van der Waals surface area contributed by atoms with Gasteiger partial charge in [-0.05, 0) is 50.8 Å².